The molecular weight excluding hydrogens is 266 g/mol. The Kier molecular flexibility index (Phi) is 2.87. The molecule has 5 nitrogen and oxygen atoms in total. The van der Waals surface area contributed by atoms with Crippen LogP contribution in [0.1, 0.15) is 28.8 Å². The van der Waals surface area contributed by atoms with E-state index in [9.17, 15) is 9.59 Å². The Labute approximate surface area is 123 Å². The van der Waals surface area contributed by atoms with Crippen LogP contribution in [0.15, 0.2) is 18.2 Å². The predicted octanol–water partition coefficient (Wildman–Crippen LogP) is 1.10. The average Bonchev–Trinajstić information content (AvgIpc) is 3.12. The largest absolute Gasteiger partial charge is 0.384 e. The van der Waals surface area contributed by atoms with Gasteiger partial charge in [-0.15, -0.1) is 0 Å². The summed E-state index contributed by atoms with van der Waals surface area (Å²) >= 11 is 0. The first-order valence-corrected chi connectivity index (χ1v) is 7.68. The van der Waals surface area contributed by atoms with Crippen LogP contribution in [-0.2, 0) is 11.2 Å². The fourth-order valence-electron chi connectivity index (χ4n) is 3.66. The molecule has 0 radical (unpaired) electrons. The first-order chi connectivity index (χ1) is 10.2. The molecule has 0 spiro atoms. The molecular formula is C16H19N3O2. The lowest BCUT2D eigenvalue weighted by Gasteiger charge is -2.37. The Balaban J connectivity index is 1.52. The van der Waals surface area contributed by atoms with Crippen LogP contribution in [0.4, 0.5) is 5.69 Å². The van der Waals surface area contributed by atoms with E-state index in [1.54, 1.807) is 0 Å². The molecule has 110 valence electrons. The smallest absolute Gasteiger partial charge is 0.254 e. The van der Waals surface area contributed by atoms with Gasteiger partial charge in [-0.2, -0.15) is 0 Å². The molecule has 1 atom stereocenters. The second kappa shape index (κ2) is 4.76. The Bertz CT molecular complexity index is 614. The average molecular weight is 285 g/mol. The Morgan fingerprint density at radius 2 is 2.14 bits per heavy atom. The fourth-order valence-corrected chi connectivity index (χ4v) is 3.66. The van der Waals surface area contributed by atoms with Crippen LogP contribution in [0.3, 0.4) is 0 Å². The zero-order valence-corrected chi connectivity index (χ0v) is 12.0. The molecule has 1 N–H and O–H groups in total. The molecule has 2 saturated heterocycles. The zero-order valence-electron chi connectivity index (χ0n) is 12.0. The van der Waals surface area contributed by atoms with Crippen LogP contribution in [0.5, 0.6) is 0 Å². The molecule has 0 bridgehead atoms. The van der Waals surface area contributed by atoms with Crippen molar-refractivity contribution in [2.24, 2.45) is 0 Å². The van der Waals surface area contributed by atoms with Crippen molar-refractivity contribution in [1.82, 2.24) is 9.80 Å². The normalized spacial score (nSPS) is 23.8. The molecule has 21 heavy (non-hydrogen) atoms. The zero-order chi connectivity index (χ0) is 14.4. The number of amides is 2. The molecule has 0 saturated carbocycles. The number of carbonyl (C=O) groups is 2. The highest BCUT2D eigenvalue weighted by Crippen LogP contribution is 2.26. The number of hydrogen-bond acceptors (Lipinski definition) is 3. The summed E-state index contributed by atoms with van der Waals surface area (Å²) in [5.74, 6) is 0.333. The number of carbonyl (C=O) groups excluding carboxylic acids is 2. The molecule has 2 amide bonds. The van der Waals surface area contributed by atoms with Gasteiger partial charge in [0.2, 0.25) is 5.91 Å². The standard InChI is InChI=1S/C16H19N3O2/c20-15-4-3-13-10-18(7-8-19(13)15)16(21)12-2-1-11-5-6-17-14(11)9-12/h1-2,9,13,17H,3-8,10H2. The van der Waals surface area contributed by atoms with Gasteiger partial charge in [0.15, 0.2) is 0 Å². The number of nitrogens with one attached hydrogen (secondary N) is 1. The van der Waals surface area contributed by atoms with Crippen LogP contribution < -0.4 is 5.32 Å². The topological polar surface area (TPSA) is 52.7 Å². The van der Waals surface area contributed by atoms with Crippen molar-refractivity contribution in [3.8, 4) is 0 Å². The number of benzene rings is 1. The number of nitrogens with zero attached hydrogens (tertiary/aromatic N) is 2. The molecule has 1 aromatic carbocycles. The first kappa shape index (κ1) is 12.7. The monoisotopic (exact) mass is 285 g/mol. The van der Waals surface area contributed by atoms with E-state index in [1.807, 2.05) is 21.9 Å². The highest BCUT2D eigenvalue weighted by atomic mass is 16.2. The molecule has 3 aliphatic heterocycles. The van der Waals surface area contributed by atoms with Gasteiger partial charge in [0.25, 0.3) is 5.91 Å². The third kappa shape index (κ3) is 2.07. The maximum atomic E-state index is 12.7. The lowest BCUT2D eigenvalue weighted by Crippen LogP contribution is -2.53. The van der Waals surface area contributed by atoms with E-state index < -0.39 is 0 Å². The molecule has 5 heteroatoms. The predicted molar refractivity (Wildman–Crippen MR) is 79.3 cm³/mol. The summed E-state index contributed by atoms with van der Waals surface area (Å²) in [5.41, 5.74) is 3.13. The van der Waals surface area contributed by atoms with Gasteiger partial charge >= 0.3 is 0 Å². The summed E-state index contributed by atoms with van der Waals surface area (Å²) < 4.78 is 0. The molecule has 3 aliphatic rings. The maximum Gasteiger partial charge on any atom is 0.254 e. The van der Waals surface area contributed by atoms with Crippen molar-refractivity contribution in [2.75, 3.05) is 31.5 Å². The van der Waals surface area contributed by atoms with Gasteiger partial charge in [-0.25, -0.2) is 0 Å². The van der Waals surface area contributed by atoms with Gasteiger partial charge in [-0.3, -0.25) is 9.59 Å². The Morgan fingerprint density at radius 1 is 1.24 bits per heavy atom. The third-order valence-electron chi connectivity index (χ3n) is 4.85. The molecule has 3 heterocycles. The molecule has 0 aliphatic carbocycles. The first-order valence-electron chi connectivity index (χ1n) is 7.68. The second-order valence-corrected chi connectivity index (χ2v) is 6.08. The number of fused-ring (bicyclic) bond motifs is 2. The van der Waals surface area contributed by atoms with Gasteiger partial charge < -0.3 is 15.1 Å². The summed E-state index contributed by atoms with van der Waals surface area (Å²) in [6.45, 7) is 2.95. The summed E-state index contributed by atoms with van der Waals surface area (Å²) in [7, 11) is 0. The van der Waals surface area contributed by atoms with Crippen molar-refractivity contribution in [2.45, 2.75) is 25.3 Å². The number of rotatable bonds is 1. The van der Waals surface area contributed by atoms with E-state index in [2.05, 4.69) is 11.4 Å². The molecule has 2 fully saturated rings. The second-order valence-electron chi connectivity index (χ2n) is 6.08. The Morgan fingerprint density at radius 3 is 3.05 bits per heavy atom. The Hall–Kier alpha value is -2.04. The fraction of sp³-hybridized carbons (Fsp3) is 0.500. The minimum atomic E-state index is 0.0884. The van der Waals surface area contributed by atoms with Crippen LogP contribution >= 0.6 is 0 Å². The van der Waals surface area contributed by atoms with Gasteiger partial charge in [0, 0.05) is 49.9 Å². The minimum Gasteiger partial charge on any atom is -0.384 e. The van der Waals surface area contributed by atoms with Crippen LogP contribution in [0, 0.1) is 0 Å². The quantitative estimate of drug-likeness (QED) is 0.840. The number of piperazine rings is 1. The van der Waals surface area contributed by atoms with Gasteiger partial charge in [-0.05, 0) is 30.5 Å². The van der Waals surface area contributed by atoms with E-state index in [0.717, 1.165) is 30.6 Å². The number of hydrogen-bond donors (Lipinski definition) is 1. The lowest BCUT2D eigenvalue weighted by atomic mass is 10.1. The molecule has 1 unspecified atom stereocenters. The van der Waals surface area contributed by atoms with Crippen molar-refractivity contribution in [3.63, 3.8) is 0 Å². The molecule has 0 aromatic heterocycles. The molecule has 4 rings (SSSR count). The third-order valence-corrected chi connectivity index (χ3v) is 4.85. The van der Waals surface area contributed by atoms with Gasteiger partial charge in [0.1, 0.15) is 0 Å². The van der Waals surface area contributed by atoms with E-state index in [-0.39, 0.29) is 17.9 Å². The maximum absolute atomic E-state index is 12.7. The van der Waals surface area contributed by atoms with E-state index in [0.29, 0.717) is 26.1 Å². The van der Waals surface area contributed by atoms with Crippen LogP contribution in [-0.4, -0.2) is 53.8 Å². The SMILES string of the molecule is O=C(c1ccc2c(c1)NCC2)N1CCN2C(=O)CCC2C1. The summed E-state index contributed by atoms with van der Waals surface area (Å²) in [4.78, 5) is 28.2. The van der Waals surface area contributed by atoms with Gasteiger partial charge in [0.05, 0.1) is 0 Å². The minimum absolute atomic E-state index is 0.0884. The lowest BCUT2D eigenvalue weighted by molar-refractivity contribution is -0.130. The van der Waals surface area contributed by atoms with Gasteiger partial charge in [-0.1, -0.05) is 6.07 Å². The summed E-state index contributed by atoms with van der Waals surface area (Å²) in [5, 5.41) is 3.32. The molecule has 1 aromatic rings. The van der Waals surface area contributed by atoms with Crippen molar-refractivity contribution < 1.29 is 9.59 Å². The van der Waals surface area contributed by atoms with E-state index in [4.69, 9.17) is 0 Å². The van der Waals surface area contributed by atoms with E-state index in [1.165, 1.54) is 5.56 Å². The van der Waals surface area contributed by atoms with E-state index >= 15 is 0 Å². The highest BCUT2D eigenvalue weighted by molar-refractivity contribution is 5.96. The number of anilines is 1. The summed E-state index contributed by atoms with van der Waals surface area (Å²) in [6, 6.07) is 6.18. The highest BCUT2D eigenvalue weighted by Gasteiger charge is 2.37. The van der Waals surface area contributed by atoms with Crippen molar-refractivity contribution in [3.05, 3.63) is 29.3 Å². The van der Waals surface area contributed by atoms with Crippen molar-refractivity contribution >= 4 is 17.5 Å². The van der Waals surface area contributed by atoms with Crippen LogP contribution in [0.2, 0.25) is 0 Å². The van der Waals surface area contributed by atoms with Crippen LogP contribution in [0.25, 0.3) is 0 Å². The van der Waals surface area contributed by atoms with Crippen molar-refractivity contribution in [1.29, 1.82) is 0 Å². The summed E-state index contributed by atoms with van der Waals surface area (Å²) in [6.07, 6.45) is 2.55.